The van der Waals surface area contributed by atoms with Gasteiger partial charge in [0, 0.05) is 24.7 Å². The van der Waals surface area contributed by atoms with Crippen LogP contribution in [0.25, 0.3) is 0 Å². The number of nitrogens with two attached hydrogens (primary N) is 1. The fourth-order valence-corrected chi connectivity index (χ4v) is 2.21. The fourth-order valence-electron chi connectivity index (χ4n) is 2.21. The molecule has 1 amide bonds. The van der Waals surface area contributed by atoms with Gasteiger partial charge in [0.25, 0.3) is 5.91 Å². The second-order valence-electron chi connectivity index (χ2n) is 4.79. The SMILES string of the molecule is CC(N)C1CCN(C(=O)c2ccc(F)c(F)c2)C1. The van der Waals surface area contributed by atoms with Crippen LogP contribution in [-0.2, 0) is 0 Å². The molecule has 0 saturated carbocycles. The third kappa shape index (κ3) is 2.51. The van der Waals surface area contributed by atoms with Crippen LogP contribution >= 0.6 is 0 Å². The molecule has 1 aromatic rings. The summed E-state index contributed by atoms with van der Waals surface area (Å²) in [7, 11) is 0. The van der Waals surface area contributed by atoms with Gasteiger partial charge in [-0.25, -0.2) is 8.78 Å². The van der Waals surface area contributed by atoms with Crippen molar-refractivity contribution in [1.29, 1.82) is 0 Å². The van der Waals surface area contributed by atoms with E-state index in [0.717, 1.165) is 18.6 Å². The van der Waals surface area contributed by atoms with E-state index < -0.39 is 11.6 Å². The average molecular weight is 254 g/mol. The summed E-state index contributed by atoms with van der Waals surface area (Å²) in [6.45, 7) is 3.11. The Labute approximate surface area is 105 Å². The Morgan fingerprint density at radius 2 is 2.17 bits per heavy atom. The van der Waals surface area contributed by atoms with Gasteiger partial charge in [0.15, 0.2) is 11.6 Å². The van der Waals surface area contributed by atoms with Crippen molar-refractivity contribution in [3.63, 3.8) is 0 Å². The third-order valence-corrected chi connectivity index (χ3v) is 3.42. The van der Waals surface area contributed by atoms with E-state index in [9.17, 15) is 13.6 Å². The Hall–Kier alpha value is -1.49. The van der Waals surface area contributed by atoms with Crippen molar-refractivity contribution in [2.45, 2.75) is 19.4 Å². The van der Waals surface area contributed by atoms with Crippen LogP contribution in [0.4, 0.5) is 8.78 Å². The van der Waals surface area contributed by atoms with E-state index >= 15 is 0 Å². The number of amides is 1. The maximum Gasteiger partial charge on any atom is 0.253 e. The molecule has 0 spiro atoms. The molecule has 2 N–H and O–H groups in total. The number of hydrogen-bond donors (Lipinski definition) is 1. The molecule has 1 fully saturated rings. The van der Waals surface area contributed by atoms with Gasteiger partial charge in [-0.15, -0.1) is 0 Å². The molecule has 1 heterocycles. The van der Waals surface area contributed by atoms with E-state index in [0.29, 0.717) is 13.1 Å². The predicted molar refractivity (Wildman–Crippen MR) is 64.0 cm³/mol. The largest absolute Gasteiger partial charge is 0.338 e. The van der Waals surface area contributed by atoms with Gasteiger partial charge in [0.05, 0.1) is 0 Å². The highest BCUT2D eigenvalue weighted by Gasteiger charge is 2.29. The molecule has 0 radical (unpaired) electrons. The van der Waals surface area contributed by atoms with Crippen molar-refractivity contribution in [2.24, 2.45) is 11.7 Å². The van der Waals surface area contributed by atoms with Gasteiger partial charge in [0.1, 0.15) is 0 Å². The monoisotopic (exact) mass is 254 g/mol. The molecule has 0 bridgehead atoms. The lowest BCUT2D eigenvalue weighted by molar-refractivity contribution is 0.0785. The number of hydrogen-bond acceptors (Lipinski definition) is 2. The van der Waals surface area contributed by atoms with Crippen LogP contribution in [0.2, 0.25) is 0 Å². The second-order valence-corrected chi connectivity index (χ2v) is 4.79. The maximum atomic E-state index is 13.1. The van der Waals surface area contributed by atoms with E-state index in [2.05, 4.69) is 0 Å². The van der Waals surface area contributed by atoms with Crippen molar-refractivity contribution in [3.8, 4) is 0 Å². The van der Waals surface area contributed by atoms with Crippen LogP contribution < -0.4 is 5.73 Å². The molecule has 1 aliphatic heterocycles. The van der Waals surface area contributed by atoms with Crippen molar-refractivity contribution in [2.75, 3.05) is 13.1 Å². The van der Waals surface area contributed by atoms with Gasteiger partial charge in [-0.05, 0) is 37.5 Å². The zero-order valence-corrected chi connectivity index (χ0v) is 10.2. The molecule has 5 heteroatoms. The van der Waals surface area contributed by atoms with Crippen LogP contribution in [0.1, 0.15) is 23.7 Å². The minimum absolute atomic E-state index is 0.0350. The van der Waals surface area contributed by atoms with Crippen molar-refractivity contribution in [1.82, 2.24) is 4.90 Å². The summed E-state index contributed by atoms with van der Waals surface area (Å²) in [4.78, 5) is 13.7. The van der Waals surface area contributed by atoms with Crippen LogP contribution in [0.3, 0.4) is 0 Å². The van der Waals surface area contributed by atoms with E-state index in [1.807, 2.05) is 6.92 Å². The lowest BCUT2D eigenvalue weighted by atomic mass is 10.0. The minimum Gasteiger partial charge on any atom is -0.338 e. The van der Waals surface area contributed by atoms with Gasteiger partial charge in [-0.3, -0.25) is 4.79 Å². The van der Waals surface area contributed by atoms with Crippen LogP contribution in [0.5, 0.6) is 0 Å². The maximum absolute atomic E-state index is 13.1. The number of nitrogens with zero attached hydrogens (tertiary/aromatic N) is 1. The number of likely N-dealkylation sites (tertiary alicyclic amines) is 1. The molecule has 2 unspecified atom stereocenters. The highest BCUT2D eigenvalue weighted by atomic mass is 19.2. The number of halogens is 2. The standard InChI is InChI=1S/C13H16F2N2O/c1-8(16)10-4-5-17(7-10)13(18)9-2-3-11(14)12(15)6-9/h2-3,6,8,10H,4-5,7,16H2,1H3. The summed E-state index contributed by atoms with van der Waals surface area (Å²) in [5, 5.41) is 0. The fraction of sp³-hybridized carbons (Fsp3) is 0.462. The molecule has 0 aromatic heterocycles. The first-order chi connectivity index (χ1) is 8.49. The molecule has 3 nitrogen and oxygen atoms in total. The Morgan fingerprint density at radius 1 is 1.44 bits per heavy atom. The van der Waals surface area contributed by atoms with Crippen molar-refractivity contribution in [3.05, 3.63) is 35.4 Å². The van der Waals surface area contributed by atoms with Crippen LogP contribution in [0, 0.1) is 17.6 Å². The molecule has 0 aliphatic carbocycles. The van der Waals surface area contributed by atoms with Gasteiger partial charge in [-0.1, -0.05) is 0 Å². The van der Waals surface area contributed by atoms with Gasteiger partial charge >= 0.3 is 0 Å². The second kappa shape index (κ2) is 5.02. The number of carbonyl (C=O) groups excluding carboxylic acids is 1. The van der Waals surface area contributed by atoms with E-state index in [1.54, 1.807) is 4.90 Å². The van der Waals surface area contributed by atoms with Gasteiger partial charge < -0.3 is 10.6 Å². The van der Waals surface area contributed by atoms with Crippen molar-refractivity contribution >= 4 is 5.91 Å². The zero-order valence-electron chi connectivity index (χ0n) is 10.2. The first-order valence-corrected chi connectivity index (χ1v) is 5.99. The smallest absolute Gasteiger partial charge is 0.253 e. The van der Waals surface area contributed by atoms with Crippen molar-refractivity contribution < 1.29 is 13.6 Å². The highest BCUT2D eigenvalue weighted by Crippen LogP contribution is 2.21. The molecule has 98 valence electrons. The quantitative estimate of drug-likeness (QED) is 0.874. The molecule has 2 rings (SSSR count). The highest BCUT2D eigenvalue weighted by molar-refractivity contribution is 5.94. The first kappa shape index (κ1) is 13.0. The lowest BCUT2D eigenvalue weighted by Crippen LogP contribution is -2.33. The summed E-state index contributed by atoms with van der Waals surface area (Å²) in [6, 6.07) is 3.26. The predicted octanol–water partition coefficient (Wildman–Crippen LogP) is 1.77. The third-order valence-electron chi connectivity index (χ3n) is 3.42. The summed E-state index contributed by atoms with van der Waals surface area (Å²) >= 11 is 0. The molecule has 1 aliphatic rings. The van der Waals surface area contributed by atoms with E-state index in [-0.39, 0.29) is 23.4 Å². The molecule has 1 saturated heterocycles. The topological polar surface area (TPSA) is 46.3 Å². The molecular weight excluding hydrogens is 238 g/mol. The Balaban J connectivity index is 2.10. The van der Waals surface area contributed by atoms with Crippen LogP contribution in [0.15, 0.2) is 18.2 Å². The molecular formula is C13H16F2N2O. The first-order valence-electron chi connectivity index (χ1n) is 5.99. The van der Waals surface area contributed by atoms with Gasteiger partial charge in [-0.2, -0.15) is 0 Å². The van der Waals surface area contributed by atoms with Gasteiger partial charge in [0.2, 0.25) is 0 Å². The number of carbonyl (C=O) groups is 1. The Morgan fingerprint density at radius 3 is 2.72 bits per heavy atom. The number of rotatable bonds is 2. The molecule has 1 aromatic carbocycles. The summed E-state index contributed by atoms with van der Waals surface area (Å²) in [6.07, 6.45) is 0.854. The Bertz CT molecular complexity index is 462. The zero-order chi connectivity index (χ0) is 13.3. The number of benzene rings is 1. The lowest BCUT2D eigenvalue weighted by Gasteiger charge is -2.18. The van der Waals surface area contributed by atoms with Crippen LogP contribution in [-0.4, -0.2) is 29.9 Å². The summed E-state index contributed by atoms with van der Waals surface area (Å²) in [5.41, 5.74) is 5.98. The normalized spacial score (nSPS) is 21.1. The summed E-state index contributed by atoms with van der Waals surface area (Å²) < 4.78 is 25.9. The van der Waals surface area contributed by atoms with E-state index in [4.69, 9.17) is 5.73 Å². The molecule has 18 heavy (non-hydrogen) atoms. The Kier molecular flexibility index (Phi) is 3.61. The summed E-state index contributed by atoms with van der Waals surface area (Å²) in [5.74, 6) is -1.93. The average Bonchev–Trinajstić information content (AvgIpc) is 2.81. The van der Waals surface area contributed by atoms with E-state index in [1.165, 1.54) is 6.07 Å². The minimum atomic E-state index is -0.996. The molecule has 2 atom stereocenters.